The third kappa shape index (κ3) is 7.92. The Balaban J connectivity index is 1.89. The zero-order valence-electron chi connectivity index (χ0n) is 32.9. The van der Waals surface area contributed by atoms with Gasteiger partial charge >= 0.3 is 35.8 Å². The molecule has 5 rings (SSSR count). The Morgan fingerprint density at radius 3 is 1.91 bits per heavy atom. The van der Waals surface area contributed by atoms with Gasteiger partial charge in [0.05, 0.1) is 23.0 Å². The average Bonchev–Trinajstić information content (AvgIpc) is 3.55. The largest absolute Gasteiger partial charge is 0.462 e. The molecule has 16 nitrogen and oxygen atoms in total. The number of aromatic nitrogens is 1. The Labute approximate surface area is 329 Å². The smallest absolute Gasteiger partial charge is 0.340 e. The Morgan fingerprint density at radius 2 is 1.35 bits per heavy atom. The predicted octanol–water partition coefficient (Wildman–Crippen LogP) is 3.47. The number of pyridine rings is 1. The van der Waals surface area contributed by atoms with E-state index in [-0.39, 0.29) is 23.1 Å². The molecule has 1 aliphatic carbocycles. The molecule has 2 bridgehead atoms. The molecule has 0 radical (unpaired) electrons. The lowest BCUT2D eigenvalue weighted by atomic mass is 9.68. The first kappa shape index (κ1) is 42.7. The maximum atomic E-state index is 14.7. The summed E-state index contributed by atoms with van der Waals surface area (Å²) in [5, 5.41) is 13.0. The van der Waals surface area contributed by atoms with Crippen molar-refractivity contribution in [2.45, 2.75) is 110 Å². The number of aliphatic hydroxyl groups is 1. The number of ketones is 1. The highest BCUT2D eigenvalue weighted by Crippen LogP contribution is 2.60. The molecule has 0 unspecified atom stereocenters. The number of benzene rings is 1. The summed E-state index contributed by atoms with van der Waals surface area (Å²) in [6.45, 7) is 14.3. The zero-order chi connectivity index (χ0) is 42.2. The summed E-state index contributed by atoms with van der Waals surface area (Å²) in [5.74, 6) is -13.1. The fraction of sp³-hybridized carbons (Fsp3) is 0.512. The van der Waals surface area contributed by atoms with Crippen molar-refractivity contribution < 1.29 is 71.8 Å². The molecule has 0 spiro atoms. The Hall–Kier alpha value is -5.48. The van der Waals surface area contributed by atoms with Gasteiger partial charge in [0.1, 0.15) is 18.3 Å². The third-order valence-corrected chi connectivity index (χ3v) is 10.9. The molecule has 306 valence electrons. The number of carbonyl (C=O) groups is 7. The molecule has 57 heavy (non-hydrogen) atoms. The summed E-state index contributed by atoms with van der Waals surface area (Å²) < 4.78 is 42.5. The lowest BCUT2D eigenvalue weighted by Crippen LogP contribution is -2.66. The number of fused-ring (bicyclic) bond motifs is 4. The first-order valence-electron chi connectivity index (χ1n) is 18.4. The number of Topliss-reactive ketones (excluding diaryl/α,β-unsaturated/α-hetero) is 1. The summed E-state index contributed by atoms with van der Waals surface area (Å²) >= 11 is 0. The lowest BCUT2D eigenvalue weighted by Gasteiger charge is -2.49. The summed E-state index contributed by atoms with van der Waals surface area (Å²) in [6.07, 6.45) is -8.16. The minimum atomic E-state index is -2.75. The van der Waals surface area contributed by atoms with Crippen LogP contribution in [-0.4, -0.2) is 99.7 Å². The lowest BCUT2D eigenvalue weighted by molar-refractivity contribution is -0.333. The van der Waals surface area contributed by atoms with Gasteiger partial charge in [-0.1, -0.05) is 52.5 Å². The van der Waals surface area contributed by atoms with E-state index in [4.69, 9.17) is 33.2 Å². The van der Waals surface area contributed by atoms with E-state index in [0.29, 0.717) is 0 Å². The summed E-state index contributed by atoms with van der Waals surface area (Å²) in [6, 6.07) is 10.5. The molecule has 3 heterocycles. The van der Waals surface area contributed by atoms with Gasteiger partial charge < -0.3 is 38.3 Å². The standard InChI is InChI=1S/C41H47NO15/c1-20-18-40(56-26(7)46)29(31(20)51-23(4)43)32(52-24(5)44)21(2)33(53-25(6)45)34(54-37(48)27-14-11-10-12-15-27)36(55-38(49)28-16-13-17-42-19-28)39(8,9)35-30(47)22(3)41(40,50)57-35/h10-17,19-20,22,29,31-36,50H,2,18H2,1,3-9H3/t20-,22+,29+,31-,32-,33+,34+,35-,36+,40+,41+/m0/s1. The minimum absolute atomic E-state index is 0.0234. The molecule has 3 aliphatic rings. The molecule has 2 aromatic rings. The summed E-state index contributed by atoms with van der Waals surface area (Å²) in [5.41, 5.74) is -4.51. The van der Waals surface area contributed by atoms with Crippen molar-refractivity contribution in [1.82, 2.24) is 4.98 Å². The van der Waals surface area contributed by atoms with Crippen LogP contribution in [-0.2, 0) is 57.1 Å². The van der Waals surface area contributed by atoms with Crippen molar-refractivity contribution in [1.29, 1.82) is 0 Å². The second-order valence-electron chi connectivity index (χ2n) is 15.3. The predicted molar refractivity (Wildman–Crippen MR) is 194 cm³/mol. The van der Waals surface area contributed by atoms with Gasteiger partial charge in [0, 0.05) is 51.1 Å². The Kier molecular flexibility index (Phi) is 12.1. The molecule has 0 amide bonds. The SMILES string of the molecule is C=C1[C@@H](OC(C)=O)[C@@H](OC(=O)c2ccccc2)[C@@H](OC(=O)c2cccnc2)C(C)(C)[C@H]2O[C@](O)([C@H](C)C2=O)[C@@]2(OC(C)=O)C[C@H](C)[C@H](OC(C)=O)[C@@H]2[C@H]1OC(C)=O. The maximum Gasteiger partial charge on any atom is 0.340 e. The van der Waals surface area contributed by atoms with Gasteiger partial charge in [-0.15, -0.1) is 0 Å². The molecule has 16 heteroatoms. The normalized spacial score (nSPS) is 33.1. The number of carbonyl (C=O) groups excluding carboxylic acids is 7. The van der Waals surface area contributed by atoms with E-state index in [1.54, 1.807) is 25.1 Å². The van der Waals surface area contributed by atoms with Gasteiger partial charge in [0.2, 0.25) is 5.79 Å². The maximum absolute atomic E-state index is 14.7. The molecule has 1 N–H and O–H groups in total. The van der Waals surface area contributed by atoms with Gasteiger partial charge in [-0.3, -0.25) is 29.0 Å². The Bertz CT molecular complexity index is 1930. The van der Waals surface area contributed by atoms with Crippen LogP contribution in [0.5, 0.6) is 0 Å². The molecule has 3 fully saturated rings. The second kappa shape index (κ2) is 16.2. The summed E-state index contributed by atoms with van der Waals surface area (Å²) in [7, 11) is 0. The van der Waals surface area contributed by atoms with Crippen LogP contribution in [0.1, 0.15) is 82.5 Å². The van der Waals surface area contributed by atoms with E-state index in [1.165, 1.54) is 57.4 Å². The molecule has 11 atom stereocenters. The van der Waals surface area contributed by atoms with E-state index in [1.807, 2.05) is 0 Å². The van der Waals surface area contributed by atoms with Crippen LogP contribution in [0, 0.1) is 23.2 Å². The van der Waals surface area contributed by atoms with Crippen LogP contribution in [0.25, 0.3) is 0 Å². The Morgan fingerprint density at radius 1 is 0.772 bits per heavy atom. The van der Waals surface area contributed by atoms with Crippen LogP contribution in [0.3, 0.4) is 0 Å². The molecule has 2 saturated heterocycles. The third-order valence-electron chi connectivity index (χ3n) is 10.9. The quantitative estimate of drug-likeness (QED) is 0.230. The highest BCUT2D eigenvalue weighted by atomic mass is 16.7. The van der Waals surface area contributed by atoms with Crippen molar-refractivity contribution in [3.63, 3.8) is 0 Å². The molecular weight excluding hydrogens is 746 g/mol. The highest BCUT2D eigenvalue weighted by Gasteiger charge is 2.77. The number of hydrogen-bond donors (Lipinski definition) is 1. The minimum Gasteiger partial charge on any atom is -0.462 e. The van der Waals surface area contributed by atoms with E-state index >= 15 is 0 Å². The van der Waals surface area contributed by atoms with Crippen LogP contribution in [0.15, 0.2) is 67.0 Å². The van der Waals surface area contributed by atoms with Crippen LogP contribution >= 0.6 is 0 Å². The number of esters is 6. The fourth-order valence-corrected chi connectivity index (χ4v) is 8.48. The zero-order valence-corrected chi connectivity index (χ0v) is 32.9. The van der Waals surface area contributed by atoms with Gasteiger partial charge in [-0.25, -0.2) is 9.59 Å². The van der Waals surface area contributed by atoms with Crippen molar-refractivity contribution in [2.75, 3.05) is 0 Å². The number of rotatable bonds is 8. The van der Waals surface area contributed by atoms with E-state index in [2.05, 4.69) is 11.6 Å². The molecule has 2 aliphatic heterocycles. The van der Waals surface area contributed by atoms with Crippen molar-refractivity contribution in [3.8, 4) is 0 Å². The number of nitrogens with zero attached hydrogens (tertiary/aromatic N) is 1. The van der Waals surface area contributed by atoms with Crippen LogP contribution < -0.4 is 0 Å². The molecule has 1 saturated carbocycles. The first-order chi connectivity index (χ1) is 26.7. The van der Waals surface area contributed by atoms with Crippen molar-refractivity contribution in [3.05, 3.63) is 78.1 Å². The summed E-state index contributed by atoms with van der Waals surface area (Å²) in [4.78, 5) is 98.8. The number of ether oxygens (including phenoxy) is 7. The monoisotopic (exact) mass is 793 g/mol. The van der Waals surface area contributed by atoms with E-state index < -0.39 is 113 Å². The van der Waals surface area contributed by atoms with Crippen molar-refractivity contribution in [2.24, 2.45) is 23.2 Å². The average molecular weight is 794 g/mol. The van der Waals surface area contributed by atoms with Gasteiger partial charge in [0.15, 0.2) is 29.7 Å². The molecule has 1 aromatic carbocycles. The second-order valence-corrected chi connectivity index (χ2v) is 15.3. The fourth-order valence-electron chi connectivity index (χ4n) is 8.48. The van der Waals surface area contributed by atoms with Gasteiger partial charge in [0.25, 0.3) is 0 Å². The first-order valence-corrected chi connectivity index (χ1v) is 18.4. The van der Waals surface area contributed by atoms with Crippen LogP contribution in [0.4, 0.5) is 0 Å². The van der Waals surface area contributed by atoms with Gasteiger partial charge in [-0.05, 0) is 36.6 Å². The van der Waals surface area contributed by atoms with E-state index in [9.17, 15) is 38.7 Å². The molecular formula is C41H47NO15. The van der Waals surface area contributed by atoms with Crippen LogP contribution in [0.2, 0.25) is 0 Å². The highest BCUT2D eigenvalue weighted by molar-refractivity contribution is 5.91. The topological polar surface area (TPSA) is 217 Å². The molecule has 1 aromatic heterocycles. The number of hydrogen-bond acceptors (Lipinski definition) is 16. The van der Waals surface area contributed by atoms with Crippen molar-refractivity contribution >= 4 is 41.6 Å². The van der Waals surface area contributed by atoms with E-state index in [0.717, 1.165) is 27.7 Å². The van der Waals surface area contributed by atoms with Gasteiger partial charge in [-0.2, -0.15) is 0 Å².